The summed E-state index contributed by atoms with van der Waals surface area (Å²) in [6, 6.07) is 3.07. The van der Waals surface area contributed by atoms with Crippen LogP contribution in [0.25, 0.3) is 0 Å². The van der Waals surface area contributed by atoms with Crippen LogP contribution in [0.4, 0.5) is 0 Å². The van der Waals surface area contributed by atoms with Gasteiger partial charge < -0.3 is 14.0 Å². The molecule has 0 radical (unpaired) electrons. The standard InChI is InChI=1S/C17H22N4O3/c1-11(2)16-18-15(19-24-16)13-5-4-7-21(10-13)17(23)12-6-8-20(3)14(22)9-12/h6,8-9,11,13H,4-5,7,10H2,1-3H3/t13-/m0/s1. The van der Waals surface area contributed by atoms with Gasteiger partial charge in [0.25, 0.3) is 11.5 Å². The minimum absolute atomic E-state index is 0.0745. The van der Waals surface area contributed by atoms with Crippen LogP contribution in [-0.2, 0) is 7.05 Å². The topological polar surface area (TPSA) is 81.2 Å². The molecule has 0 bridgehead atoms. The second-order valence-corrected chi connectivity index (χ2v) is 6.60. The monoisotopic (exact) mass is 330 g/mol. The van der Waals surface area contributed by atoms with Crippen molar-refractivity contribution in [2.75, 3.05) is 13.1 Å². The van der Waals surface area contributed by atoms with Crippen LogP contribution < -0.4 is 5.56 Å². The SMILES string of the molecule is CC(C)c1nc([C@H]2CCCN(C(=O)c3ccn(C)c(=O)c3)C2)no1. The Hall–Kier alpha value is -2.44. The summed E-state index contributed by atoms with van der Waals surface area (Å²) < 4.78 is 6.73. The number of piperidine rings is 1. The van der Waals surface area contributed by atoms with E-state index in [0.717, 1.165) is 12.8 Å². The minimum Gasteiger partial charge on any atom is -0.339 e. The van der Waals surface area contributed by atoms with E-state index < -0.39 is 0 Å². The number of rotatable bonds is 3. The van der Waals surface area contributed by atoms with Gasteiger partial charge in [0.1, 0.15) is 0 Å². The third-order valence-corrected chi connectivity index (χ3v) is 4.38. The molecule has 1 aliphatic rings. The van der Waals surface area contributed by atoms with Crippen molar-refractivity contribution in [1.82, 2.24) is 19.6 Å². The van der Waals surface area contributed by atoms with Crippen molar-refractivity contribution in [2.24, 2.45) is 7.05 Å². The van der Waals surface area contributed by atoms with Gasteiger partial charge in [-0.25, -0.2) is 0 Å². The first kappa shape index (κ1) is 16.4. The lowest BCUT2D eigenvalue weighted by atomic mass is 9.96. The quantitative estimate of drug-likeness (QED) is 0.859. The molecule has 0 unspecified atom stereocenters. The number of carbonyl (C=O) groups excluding carboxylic acids is 1. The highest BCUT2D eigenvalue weighted by Gasteiger charge is 2.29. The van der Waals surface area contributed by atoms with Gasteiger partial charge in [-0.05, 0) is 18.9 Å². The van der Waals surface area contributed by atoms with Gasteiger partial charge >= 0.3 is 0 Å². The molecule has 0 aromatic carbocycles. The average molecular weight is 330 g/mol. The Morgan fingerprint density at radius 3 is 2.88 bits per heavy atom. The van der Waals surface area contributed by atoms with Gasteiger partial charge in [0.2, 0.25) is 5.89 Å². The van der Waals surface area contributed by atoms with Gasteiger partial charge in [-0.1, -0.05) is 19.0 Å². The smallest absolute Gasteiger partial charge is 0.254 e. The molecule has 3 rings (SSSR count). The lowest BCUT2D eigenvalue weighted by Crippen LogP contribution is -2.39. The Bertz CT molecular complexity index is 793. The summed E-state index contributed by atoms with van der Waals surface area (Å²) >= 11 is 0. The van der Waals surface area contributed by atoms with E-state index >= 15 is 0 Å². The predicted octanol–water partition coefficient (Wildman–Crippen LogP) is 1.91. The third kappa shape index (κ3) is 3.25. The first-order valence-corrected chi connectivity index (χ1v) is 8.25. The summed E-state index contributed by atoms with van der Waals surface area (Å²) in [7, 11) is 1.66. The van der Waals surface area contributed by atoms with Crippen molar-refractivity contribution in [1.29, 1.82) is 0 Å². The van der Waals surface area contributed by atoms with Gasteiger partial charge in [-0.15, -0.1) is 0 Å². The molecule has 1 saturated heterocycles. The maximum Gasteiger partial charge on any atom is 0.254 e. The number of pyridine rings is 1. The zero-order valence-corrected chi connectivity index (χ0v) is 14.2. The van der Waals surface area contributed by atoms with Crippen molar-refractivity contribution in [3.63, 3.8) is 0 Å². The Kier molecular flexibility index (Phi) is 4.51. The fourth-order valence-electron chi connectivity index (χ4n) is 2.88. The van der Waals surface area contributed by atoms with Gasteiger partial charge in [0, 0.05) is 49.8 Å². The van der Waals surface area contributed by atoms with Crippen molar-refractivity contribution >= 4 is 5.91 Å². The maximum absolute atomic E-state index is 12.7. The molecule has 0 N–H and O–H groups in total. The average Bonchev–Trinajstić information content (AvgIpc) is 3.07. The molecule has 1 atom stereocenters. The number of aromatic nitrogens is 3. The van der Waals surface area contributed by atoms with Crippen molar-refractivity contribution in [2.45, 2.75) is 38.5 Å². The molecule has 128 valence electrons. The fraction of sp³-hybridized carbons (Fsp3) is 0.529. The minimum atomic E-state index is -0.186. The molecule has 1 fully saturated rings. The Labute approximate surface area is 140 Å². The largest absolute Gasteiger partial charge is 0.339 e. The van der Waals surface area contributed by atoms with Crippen molar-refractivity contribution < 1.29 is 9.32 Å². The van der Waals surface area contributed by atoms with Crippen LogP contribution in [0, 0.1) is 0 Å². The summed E-state index contributed by atoms with van der Waals surface area (Å²) in [4.78, 5) is 30.6. The highest BCUT2D eigenvalue weighted by Crippen LogP contribution is 2.26. The summed E-state index contributed by atoms with van der Waals surface area (Å²) in [6.07, 6.45) is 3.43. The first-order chi connectivity index (χ1) is 11.5. The molecule has 2 aromatic rings. The van der Waals surface area contributed by atoms with E-state index in [-0.39, 0.29) is 23.3 Å². The molecule has 1 aliphatic heterocycles. The van der Waals surface area contributed by atoms with E-state index in [1.807, 2.05) is 13.8 Å². The zero-order valence-electron chi connectivity index (χ0n) is 14.2. The first-order valence-electron chi connectivity index (χ1n) is 8.25. The lowest BCUT2D eigenvalue weighted by Gasteiger charge is -2.31. The number of hydrogen-bond donors (Lipinski definition) is 0. The molecule has 0 spiro atoms. The fourth-order valence-corrected chi connectivity index (χ4v) is 2.88. The Balaban J connectivity index is 1.75. The lowest BCUT2D eigenvalue weighted by molar-refractivity contribution is 0.0703. The Morgan fingerprint density at radius 2 is 2.21 bits per heavy atom. The number of aryl methyl sites for hydroxylation is 1. The van der Waals surface area contributed by atoms with Gasteiger partial charge in [0.15, 0.2) is 5.82 Å². The number of hydrogen-bond acceptors (Lipinski definition) is 5. The highest BCUT2D eigenvalue weighted by atomic mass is 16.5. The molecule has 2 aromatic heterocycles. The number of nitrogens with zero attached hydrogens (tertiary/aromatic N) is 4. The summed E-state index contributed by atoms with van der Waals surface area (Å²) in [5.41, 5.74) is 0.240. The van der Waals surface area contributed by atoms with Crippen LogP contribution in [0.1, 0.15) is 60.6 Å². The molecule has 3 heterocycles. The van der Waals surface area contributed by atoms with Crippen molar-refractivity contribution in [3.05, 3.63) is 46.0 Å². The van der Waals surface area contributed by atoms with Crippen LogP contribution >= 0.6 is 0 Å². The van der Waals surface area contributed by atoms with Crippen LogP contribution in [0.5, 0.6) is 0 Å². The zero-order chi connectivity index (χ0) is 17.3. The third-order valence-electron chi connectivity index (χ3n) is 4.38. The van der Waals surface area contributed by atoms with E-state index in [9.17, 15) is 9.59 Å². The van der Waals surface area contributed by atoms with Crippen molar-refractivity contribution in [3.8, 4) is 0 Å². The van der Waals surface area contributed by atoms with Crippen LogP contribution in [-0.4, -0.2) is 38.6 Å². The van der Waals surface area contributed by atoms with Gasteiger partial charge in [0.05, 0.1) is 0 Å². The second-order valence-electron chi connectivity index (χ2n) is 6.60. The molecule has 0 saturated carbocycles. The van der Waals surface area contributed by atoms with Crippen LogP contribution in [0.3, 0.4) is 0 Å². The Morgan fingerprint density at radius 1 is 1.42 bits per heavy atom. The number of amides is 1. The van der Waals surface area contributed by atoms with Crippen LogP contribution in [0.15, 0.2) is 27.6 Å². The molecular weight excluding hydrogens is 308 g/mol. The van der Waals surface area contributed by atoms with E-state index in [4.69, 9.17) is 4.52 Å². The second kappa shape index (κ2) is 6.59. The highest BCUT2D eigenvalue weighted by molar-refractivity contribution is 5.94. The maximum atomic E-state index is 12.7. The summed E-state index contributed by atoms with van der Waals surface area (Å²) in [6.45, 7) is 5.23. The molecular formula is C17H22N4O3. The summed E-state index contributed by atoms with van der Waals surface area (Å²) in [5, 5.41) is 4.08. The van der Waals surface area contributed by atoms with Gasteiger partial charge in [-0.3, -0.25) is 9.59 Å². The van der Waals surface area contributed by atoms with E-state index in [1.165, 1.54) is 10.6 Å². The predicted molar refractivity (Wildman–Crippen MR) is 87.9 cm³/mol. The number of carbonyl (C=O) groups is 1. The normalized spacial score (nSPS) is 18.2. The molecule has 0 aliphatic carbocycles. The number of likely N-dealkylation sites (tertiary alicyclic amines) is 1. The molecule has 7 nitrogen and oxygen atoms in total. The van der Waals surface area contributed by atoms with Crippen LogP contribution in [0.2, 0.25) is 0 Å². The molecule has 7 heteroatoms. The molecule has 1 amide bonds. The van der Waals surface area contributed by atoms with E-state index in [1.54, 1.807) is 24.2 Å². The molecule has 24 heavy (non-hydrogen) atoms. The van der Waals surface area contributed by atoms with E-state index in [2.05, 4.69) is 10.1 Å². The summed E-state index contributed by atoms with van der Waals surface area (Å²) in [5.74, 6) is 1.43. The van der Waals surface area contributed by atoms with E-state index in [0.29, 0.717) is 30.4 Å². The van der Waals surface area contributed by atoms with Gasteiger partial charge in [-0.2, -0.15) is 4.98 Å².